The monoisotopic (exact) mass is 528 g/mol. The molecule has 2 rings (SSSR count). The van der Waals surface area contributed by atoms with Gasteiger partial charge in [-0.3, -0.25) is 40.5 Å². The summed E-state index contributed by atoms with van der Waals surface area (Å²) in [6, 6.07) is 3.80. The smallest absolute Gasteiger partial charge is 0.336 e. The highest BCUT2D eigenvalue weighted by Gasteiger charge is 2.24. The van der Waals surface area contributed by atoms with Crippen molar-refractivity contribution >= 4 is 28.7 Å². The maximum Gasteiger partial charge on any atom is 0.336 e. The lowest BCUT2D eigenvalue weighted by Crippen LogP contribution is -2.04. The van der Waals surface area contributed by atoms with E-state index in [9.17, 15) is 45.3 Å². The zero-order valence-corrected chi connectivity index (χ0v) is 19.7. The van der Waals surface area contributed by atoms with E-state index in [1.807, 2.05) is 0 Å². The average Bonchev–Trinajstić information content (AvgIpc) is 2.78. The molecule has 0 saturated heterocycles. The van der Waals surface area contributed by atoms with Gasteiger partial charge in [0.2, 0.25) is 0 Å². The summed E-state index contributed by atoms with van der Waals surface area (Å²) in [5, 5.41) is 58.7. The summed E-state index contributed by atoms with van der Waals surface area (Å²) in [6.07, 6.45) is 0. The Hall–Kier alpha value is -4.57. The molecule has 0 aromatic heterocycles. The van der Waals surface area contributed by atoms with E-state index in [2.05, 4.69) is 0 Å². The third-order valence-electron chi connectivity index (χ3n) is 4.34. The first-order chi connectivity index (χ1) is 16.7. The van der Waals surface area contributed by atoms with Crippen molar-refractivity contribution in [1.82, 2.24) is 0 Å². The van der Waals surface area contributed by atoms with Crippen molar-refractivity contribution in [3.05, 3.63) is 87.0 Å². The van der Waals surface area contributed by atoms with E-state index >= 15 is 0 Å². The Kier molecular flexibility index (Phi) is 15.1. The molecule has 0 atom stereocenters. The number of hydrogen-bond donors (Lipinski definition) is 2. The van der Waals surface area contributed by atoms with Gasteiger partial charge in [-0.25, -0.2) is 4.79 Å². The number of nitro groups is 4. The molecular formula is C21H28N4O12. The summed E-state index contributed by atoms with van der Waals surface area (Å²) in [5.41, 5.74) is -1.43. The number of benzene rings is 2. The maximum absolute atomic E-state index is 10.8. The van der Waals surface area contributed by atoms with E-state index < -0.39 is 42.6 Å². The predicted octanol–water partition coefficient (Wildman–Crippen LogP) is 4.49. The minimum atomic E-state index is -1.44. The van der Waals surface area contributed by atoms with Crippen molar-refractivity contribution in [2.45, 2.75) is 41.7 Å². The first-order valence-corrected chi connectivity index (χ1v) is 10.0. The molecule has 0 heterocycles. The summed E-state index contributed by atoms with van der Waals surface area (Å²) < 4.78 is 5.12. The van der Waals surface area contributed by atoms with Gasteiger partial charge in [-0.05, 0) is 33.3 Å². The molecule has 0 amide bonds. The molecule has 0 radical (unpaired) electrons. The third-order valence-corrected chi connectivity index (χ3v) is 4.34. The molecule has 16 heteroatoms. The van der Waals surface area contributed by atoms with Gasteiger partial charge in [-0.15, -0.1) is 0 Å². The second kappa shape index (κ2) is 16.2. The zero-order valence-electron chi connectivity index (χ0n) is 19.7. The fraction of sp³-hybridized carbons (Fsp3) is 0.381. The van der Waals surface area contributed by atoms with E-state index in [0.717, 1.165) is 18.2 Å². The van der Waals surface area contributed by atoms with Crippen molar-refractivity contribution in [2.75, 3.05) is 13.2 Å². The number of rotatable bonds is 8. The topological polar surface area (TPSA) is 239 Å². The van der Waals surface area contributed by atoms with Gasteiger partial charge in [0, 0.05) is 36.5 Å². The number of non-ortho nitro benzene ring substituents is 2. The summed E-state index contributed by atoms with van der Waals surface area (Å²) in [7, 11) is 0. The number of aromatic carboxylic acids is 1. The Labute approximate surface area is 210 Å². The number of carboxylic acids is 1. The van der Waals surface area contributed by atoms with Gasteiger partial charge in [0.05, 0.1) is 44.0 Å². The Morgan fingerprint density at radius 3 is 1.57 bits per heavy atom. The molecule has 0 spiro atoms. The molecule has 0 aliphatic carbocycles. The maximum atomic E-state index is 10.8. The number of ether oxygens (including phenoxy) is 1. The summed E-state index contributed by atoms with van der Waals surface area (Å²) >= 11 is 0. The minimum absolute atomic E-state index is 0. The van der Waals surface area contributed by atoms with Gasteiger partial charge in [0.25, 0.3) is 22.7 Å². The number of nitro benzene ring substituents is 4. The fourth-order valence-electron chi connectivity index (χ4n) is 2.60. The SMILES string of the molecule is C.CCO.CCOCc1cc([N+](=O)[O-])cc([N+](=O)[O-])c1C.Cc1c(C(=O)O)cc([N+](=O)[O-])cc1[N+](=O)[O-]. The van der Waals surface area contributed by atoms with Crippen LogP contribution in [0.3, 0.4) is 0 Å². The van der Waals surface area contributed by atoms with Gasteiger partial charge in [-0.1, -0.05) is 7.43 Å². The normalized spacial score (nSPS) is 9.43. The van der Waals surface area contributed by atoms with E-state index in [-0.39, 0.29) is 37.6 Å². The van der Waals surface area contributed by atoms with E-state index in [1.54, 1.807) is 20.8 Å². The molecule has 204 valence electrons. The fourth-order valence-corrected chi connectivity index (χ4v) is 2.60. The van der Waals surface area contributed by atoms with Gasteiger partial charge in [0.1, 0.15) is 0 Å². The molecule has 0 bridgehead atoms. The first-order valence-electron chi connectivity index (χ1n) is 10.0. The summed E-state index contributed by atoms with van der Waals surface area (Å²) in [4.78, 5) is 50.2. The number of aliphatic hydroxyl groups is 1. The molecule has 0 fully saturated rings. The Morgan fingerprint density at radius 2 is 1.22 bits per heavy atom. The lowest BCUT2D eigenvalue weighted by atomic mass is 10.1. The molecule has 2 aromatic rings. The molecule has 2 aromatic carbocycles. The molecule has 16 nitrogen and oxygen atoms in total. The van der Waals surface area contributed by atoms with Crippen molar-refractivity contribution in [3.8, 4) is 0 Å². The third kappa shape index (κ3) is 10.3. The Bertz CT molecular complexity index is 1120. The van der Waals surface area contributed by atoms with Crippen LogP contribution in [0.25, 0.3) is 0 Å². The van der Waals surface area contributed by atoms with E-state index in [1.165, 1.54) is 13.0 Å². The van der Waals surface area contributed by atoms with Crippen LogP contribution in [-0.4, -0.2) is 49.1 Å². The standard InChI is InChI=1S/C10H12N2O5.C8H6N2O6.C2H6O.CH4/c1-3-17-6-8-4-9(11(13)14)5-10(7(8)2)12(15)16;1-4-6(8(11)12)2-5(9(13)14)3-7(4)10(15)16;1-2-3;/h4-5H,3,6H2,1-2H3;2-3H,1H3,(H,11,12);3H,2H2,1H3;1H4. The molecule has 2 N–H and O–H groups in total. The van der Waals surface area contributed by atoms with Gasteiger partial charge < -0.3 is 14.9 Å². The van der Waals surface area contributed by atoms with Crippen LogP contribution in [0.1, 0.15) is 48.3 Å². The Balaban J connectivity index is 0. The molecule has 0 aliphatic rings. The van der Waals surface area contributed by atoms with E-state index in [0.29, 0.717) is 17.7 Å². The van der Waals surface area contributed by atoms with Crippen LogP contribution in [0.5, 0.6) is 0 Å². The van der Waals surface area contributed by atoms with Crippen LogP contribution in [0, 0.1) is 54.3 Å². The number of aliphatic hydroxyl groups excluding tert-OH is 1. The molecule has 0 saturated carbocycles. The quantitative estimate of drug-likeness (QED) is 0.355. The average molecular weight is 528 g/mol. The van der Waals surface area contributed by atoms with Crippen LogP contribution in [-0.2, 0) is 11.3 Å². The first kappa shape index (κ1) is 34.6. The van der Waals surface area contributed by atoms with Crippen LogP contribution in [0.4, 0.5) is 22.7 Å². The molecule has 37 heavy (non-hydrogen) atoms. The highest BCUT2D eigenvalue weighted by Crippen LogP contribution is 2.29. The largest absolute Gasteiger partial charge is 0.478 e. The zero-order chi connectivity index (χ0) is 28.2. The highest BCUT2D eigenvalue weighted by atomic mass is 16.6. The second-order valence-corrected chi connectivity index (χ2v) is 6.67. The lowest BCUT2D eigenvalue weighted by molar-refractivity contribution is -0.394. The minimum Gasteiger partial charge on any atom is -0.478 e. The summed E-state index contributed by atoms with van der Waals surface area (Å²) in [6.45, 7) is 7.06. The predicted molar refractivity (Wildman–Crippen MR) is 131 cm³/mol. The van der Waals surface area contributed by atoms with Crippen molar-refractivity contribution < 1.29 is 39.4 Å². The van der Waals surface area contributed by atoms with Crippen LogP contribution in [0.15, 0.2) is 24.3 Å². The lowest BCUT2D eigenvalue weighted by Gasteiger charge is -2.06. The number of carbonyl (C=O) groups is 1. The van der Waals surface area contributed by atoms with Crippen molar-refractivity contribution in [1.29, 1.82) is 0 Å². The molecule has 0 aliphatic heterocycles. The second-order valence-electron chi connectivity index (χ2n) is 6.67. The van der Waals surface area contributed by atoms with Crippen molar-refractivity contribution in [3.63, 3.8) is 0 Å². The van der Waals surface area contributed by atoms with E-state index in [4.69, 9.17) is 14.9 Å². The van der Waals surface area contributed by atoms with Gasteiger partial charge >= 0.3 is 5.97 Å². The van der Waals surface area contributed by atoms with Gasteiger partial charge in [0.15, 0.2) is 0 Å². The number of carboxylic acid groups (broad SMARTS) is 1. The molecular weight excluding hydrogens is 500 g/mol. The number of nitrogens with zero attached hydrogens (tertiary/aromatic N) is 4. The van der Waals surface area contributed by atoms with Crippen molar-refractivity contribution in [2.24, 2.45) is 0 Å². The summed E-state index contributed by atoms with van der Waals surface area (Å²) in [5.74, 6) is -1.44. The highest BCUT2D eigenvalue weighted by molar-refractivity contribution is 5.91. The van der Waals surface area contributed by atoms with Crippen LogP contribution in [0.2, 0.25) is 0 Å². The van der Waals surface area contributed by atoms with Crippen LogP contribution >= 0.6 is 0 Å². The van der Waals surface area contributed by atoms with Crippen LogP contribution < -0.4 is 0 Å². The molecule has 0 unspecified atom stereocenters. The number of hydrogen-bond acceptors (Lipinski definition) is 11. The van der Waals surface area contributed by atoms with Gasteiger partial charge in [-0.2, -0.15) is 0 Å². The Morgan fingerprint density at radius 1 is 0.811 bits per heavy atom.